The fourth-order valence-corrected chi connectivity index (χ4v) is 3.18. The Hall–Kier alpha value is 0.180. The van der Waals surface area contributed by atoms with Gasteiger partial charge in [-0.25, -0.2) is 0 Å². The van der Waals surface area contributed by atoms with Gasteiger partial charge in [-0.05, 0) is 67.3 Å². The van der Waals surface area contributed by atoms with Gasteiger partial charge in [0.25, 0.3) is 4.51 Å². The molecule has 2 fully saturated rings. The van der Waals surface area contributed by atoms with Gasteiger partial charge in [0.05, 0.1) is 6.61 Å². The Labute approximate surface area is 89.8 Å². The van der Waals surface area contributed by atoms with E-state index in [9.17, 15) is 0 Å². The first kappa shape index (κ1) is 9.72. The molecular formula is C10H15ClOS. The maximum absolute atomic E-state index is 5.45. The normalized spacial score (nSPS) is 36.5. The van der Waals surface area contributed by atoms with Crippen LogP contribution in [-0.2, 0) is 4.74 Å². The first-order valence-electron chi connectivity index (χ1n) is 5.08. The molecule has 0 N–H and O–H groups in total. The summed E-state index contributed by atoms with van der Waals surface area (Å²) in [5, 5.41) is 0. The van der Waals surface area contributed by atoms with Crippen molar-refractivity contribution in [1.29, 1.82) is 0 Å². The molecule has 0 aromatic rings. The minimum absolute atomic E-state index is 0.170. The Bertz CT molecular complexity index is 207. The van der Waals surface area contributed by atoms with Gasteiger partial charge in [0.1, 0.15) is 0 Å². The standard InChI is InChI=1S/C10H15ClOS/c11-10(13)12-4-3-9-6-7-1-2-8(9)5-7/h7-9H,1-6H2/t7-,8-,9-/m1/s1. The van der Waals surface area contributed by atoms with Crippen molar-refractivity contribution in [1.82, 2.24) is 0 Å². The molecule has 0 aromatic carbocycles. The van der Waals surface area contributed by atoms with Crippen LogP contribution in [0.5, 0.6) is 0 Å². The van der Waals surface area contributed by atoms with Crippen LogP contribution < -0.4 is 0 Å². The minimum atomic E-state index is 0.170. The molecule has 2 bridgehead atoms. The molecule has 0 aliphatic heterocycles. The fraction of sp³-hybridized carbons (Fsp3) is 0.900. The average Bonchev–Trinajstić information content (AvgIpc) is 2.64. The summed E-state index contributed by atoms with van der Waals surface area (Å²) in [7, 11) is 0. The molecule has 0 amide bonds. The molecule has 0 aromatic heterocycles. The van der Waals surface area contributed by atoms with Crippen molar-refractivity contribution in [2.75, 3.05) is 6.61 Å². The summed E-state index contributed by atoms with van der Waals surface area (Å²) in [5.41, 5.74) is 0. The van der Waals surface area contributed by atoms with Gasteiger partial charge in [0.15, 0.2) is 0 Å². The van der Waals surface area contributed by atoms with Crippen molar-refractivity contribution in [3.8, 4) is 0 Å². The Morgan fingerprint density at radius 2 is 2.23 bits per heavy atom. The SMILES string of the molecule is S=C(Cl)OCC[C@@H]1C[C@@H]2CC[C@@H]1C2. The van der Waals surface area contributed by atoms with Crippen LogP contribution in [0.4, 0.5) is 0 Å². The monoisotopic (exact) mass is 218 g/mol. The molecule has 2 aliphatic rings. The van der Waals surface area contributed by atoms with E-state index in [0.717, 1.165) is 30.8 Å². The molecule has 0 spiro atoms. The maximum atomic E-state index is 5.45. The molecule has 74 valence electrons. The van der Waals surface area contributed by atoms with Crippen molar-refractivity contribution < 1.29 is 4.74 Å². The highest BCUT2D eigenvalue weighted by molar-refractivity contribution is 7.82. The molecule has 1 nitrogen and oxygen atoms in total. The molecule has 13 heavy (non-hydrogen) atoms. The van der Waals surface area contributed by atoms with Crippen LogP contribution in [0.1, 0.15) is 32.1 Å². The second kappa shape index (κ2) is 4.14. The summed E-state index contributed by atoms with van der Waals surface area (Å²) in [6, 6.07) is 0. The summed E-state index contributed by atoms with van der Waals surface area (Å²) in [5.74, 6) is 2.90. The van der Waals surface area contributed by atoms with Crippen LogP contribution >= 0.6 is 23.8 Å². The molecule has 2 rings (SSSR count). The number of halogens is 1. The predicted molar refractivity (Wildman–Crippen MR) is 58.0 cm³/mol. The van der Waals surface area contributed by atoms with Crippen molar-refractivity contribution >= 4 is 28.3 Å². The highest BCUT2D eigenvalue weighted by Crippen LogP contribution is 2.49. The Morgan fingerprint density at radius 1 is 1.38 bits per heavy atom. The summed E-state index contributed by atoms with van der Waals surface area (Å²) < 4.78 is 5.28. The van der Waals surface area contributed by atoms with E-state index in [1.54, 1.807) is 0 Å². The lowest BCUT2D eigenvalue weighted by atomic mass is 9.87. The fourth-order valence-electron chi connectivity index (χ4n) is 3.02. The quantitative estimate of drug-likeness (QED) is 0.531. The highest BCUT2D eigenvalue weighted by atomic mass is 35.5. The van der Waals surface area contributed by atoms with Gasteiger partial charge >= 0.3 is 0 Å². The van der Waals surface area contributed by atoms with Crippen molar-refractivity contribution in [2.24, 2.45) is 17.8 Å². The maximum Gasteiger partial charge on any atom is 0.255 e. The average molecular weight is 219 g/mol. The van der Waals surface area contributed by atoms with E-state index in [1.165, 1.54) is 25.7 Å². The van der Waals surface area contributed by atoms with E-state index in [-0.39, 0.29) is 4.51 Å². The van der Waals surface area contributed by atoms with Crippen LogP contribution in [-0.4, -0.2) is 11.1 Å². The van der Waals surface area contributed by atoms with Gasteiger partial charge < -0.3 is 4.74 Å². The first-order chi connectivity index (χ1) is 6.25. The second-order valence-corrected chi connectivity index (χ2v) is 5.25. The van der Waals surface area contributed by atoms with Crippen molar-refractivity contribution in [3.63, 3.8) is 0 Å². The molecule has 3 atom stereocenters. The summed E-state index contributed by atoms with van der Waals surface area (Å²) in [6.07, 6.45) is 6.95. The smallest absolute Gasteiger partial charge is 0.255 e. The largest absolute Gasteiger partial charge is 0.475 e. The van der Waals surface area contributed by atoms with Crippen LogP contribution in [0.3, 0.4) is 0 Å². The van der Waals surface area contributed by atoms with E-state index in [2.05, 4.69) is 12.2 Å². The molecular weight excluding hydrogens is 204 g/mol. The number of hydrogen-bond acceptors (Lipinski definition) is 2. The molecule has 0 saturated heterocycles. The molecule has 0 heterocycles. The van der Waals surface area contributed by atoms with Crippen LogP contribution in [0.2, 0.25) is 0 Å². The molecule has 3 heteroatoms. The Morgan fingerprint density at radius 3 is 2.77 bits per heavy atom. The van der Waals surface area contributed by atoms with E-state index in [0.29, 0.717) is 0 Å². The topological polar surface area (TPSA) is 9.23 Å². The van der Waals surface area contributed by atoms with Crippen molar-refractivity contribution in [3.05, 3.63) is 0 Å². The zero-order valence-corrected chi connectivity index (χ0v) is 9.24. The molecule has 0 unspecified atom stereocenters. The van der Waals surface area contributed by atoms with Crippen molar-refractivity contribution in [2.45, 2.75) is 32.1 Å². The lowest BCUT2D eigenvalue weighted by Gasteiger charge is -2.20. The second-order valence-electron chi connectivity index (χ2n) is 4.31. The van der Waals surface area contributed by atoms with E-state index in [4.69, 9.17) is 16.3 Å². The van der Waals surface area contributed by atoms with Crippen LogP contribution in [0.25, 0.3) is 0 Å². The Kier molecular flexibility index (Phi) is 3.10. The third kappa shape index (κ3) is 2.35. The van der Waals surface area contributed by atoms with E-state index in [1.807, 2.05) is 0 Å². The number of rotatable bonds is 3. The highest BCUT2D eigenvalue weighted by Gasteiger charge is 2.38. The third-order valence-corrected chi connectivity index (χ3v) is 3.82. The number of thiocarbonyl (C=S) groups is 1. The van der Waals surface area contributed by atoms with Gasteiger partial charge in [0, 0.05) is 0 Å². The lowest BCUT2D eigenvalue weighted by Crippen LogP contribution is -2.13. The number of hydrogen-bond donors (Lipinski definition) is 0. The van der Waals surface area contributed by atoms with E-state index >= 15 is 0 Å². The zero-order chi connectivity index (χ0) is 9.26. The van der Waals surface area contributed by atoms with E-state index < -0.39 is 0 Å². The molecule has 2 saturated carbocycles. The number of ether oxygens (including phenoxy) is 1. The number of fused-ring (bicyclic) bond motifs is 2. The predicted octanol–water partition coefficient (Wildman–Crippen LogP) is 3.35. The first-order valence-corrected chi connectivity index (χ1v) is 5.86. The lowest BCUT2D eigenvalue weighted by molar-refractivity contribution is 0.234. The summed E-state index contributed by atoms with van der Waals surface area (Å²) in [4.78, 5) is 0. The van der Waals surface area contributed by atoms with Gasteiger partial charge in [0.2, 0.25) is 0 Å². The zero-order valence-electron chi connectivity index (χ0n) is 7.67. The van der Waals surface area contributed by atoms with Crippen LogP contribution in [0.15, 0.2) is 0 Å². The third-order valence-electron chi connectivity index (χ3n) is 3.59. The molecule has 0 radical (unpaired) electrons. The van der Waals surface area contributed by atoms with Gasteiger partial charge in [-0.3, -0.25) is 0 Å². The Balaban J connectivity index is 1.68. The van der Waals surface area contributed by atoms with Gasteiger partial charge in [-0.1, -0.05) is 6.42 Å². The summed E-state index contributed by atoms with van der Waals surface area (Å²) >= 11 is 10.1. The van der Waals surface area contributed by atoms with Gasteiger partial charge in [-0.15, -0.1) is 0 Å². The molecule has 2 aliphatic carbocycles. The van der Waals surface area contributed by atoms with Gasteiger partial charge in [-0.2, -0.15) is 0 Å². The summed E-state index contributed by atoms with van der Waals surface area (Å²) in [6.45, 7) is 0.718. The van der Waals surface area contributed by atoms with Crippen LogP contribution in [0, 0.1) is 17.8 Å². The minimum Gasteiger partial charge on any atom is -0.475 e.